The van der Waals surface area contributed by atoms with Crippen molar-refractivity contribution in [1.82, 2.24) is 25.1 Å². The first-order valence-electron chi connectivity index (χ1n) is 8.64. The fourth-order valence-corrected chi connectivity index (χ4v) is 3.41. The van der Waals surface area contributed by atoms with E-state index < -0.39 is 0 Å². The normalized spacial score (nSPS) is 16.6. The Balaban J connectivity index is 1.55. The van der Waals surface area contributed by atoms with Crippen molar-refractivity contribution in [3.63, 3.8) is 0 Å². The van der Waals surface area contributed by atoms with Gasteiger partial charge >= 0.3 is 0 Å². The molecule has 0 unspecified atom stereocenters. The number of fused-ring (bicyclic) bond motifs is 2. The highest BCUT2D eigenvalue weighted by molar-refractivity contribution is 5.93. The first-order chi connectivity index (χ1) is 12.1. The SMILES string of the molecule is C[C@@H]1CCc2[nH]nc(C(=O)N(C)Cc3cnc4ccccc4n3)c2C1. The molecule has 0 fully saturated rings. The van der Waals surface area contributed by atoms with Crippen LogP contribution in [0, 0.1) is 5.92 Å². The van der Waals surface area contributed by atoms with Crippen LogP contribution >= 0.6 is 0 Å². The lowest BCUT2D eigenvalue weighted by molar-refractivity contribution is 0.0776. The Hall–Kier alpha value is -2.76. The maximum Gasteiger partial charge on any atom is 0.274 e. The lowest BCUT2D eigenvalue weighted by Crippen LogP contribution is -2.28. The van der Waals surface area contributed by atoms with Crippen LogP contribution in [-0.4, -0.2) is 38.0 Å². The molecule has 2 heterocycles. The molecule has 0 saturated carbocycles. The van der Waals surface area contributed by atoms with Crippen LogP contribution < -0.4 is 0 Å². The van der Waals surface area contributed by atoms with Crippen LogP contribution in [0.15, 0.2) is 30.5 Å². The van der Waals surface area contributed by atoms with Crippen LogP contribution in [0.25, 0.3) is 11.0 Å². The molecule has 128 valence electrons. The molecule has 25 heavy (non-hydrogen) atoms. The third-order valence-corrected chi connectivity index (χ3v) is 4.84. The van der Waals surface area contributed by atoms with Gasteiger partial charge in [-0.15, -0.1) is 0 Å². The van der Waals surface area contributed by atoms with E-state index in [0.29, 0.717) is 18.2 Å². The minimum absolute atomic E-state index is 0.0680. The van der Waals surface area contributed by atoms with Crippen molar-refractivity contribution >= 4 is 16.9 Å². The van der Waals surface area contributed by atoms with Gasteiger partial charge in [-0.3, -0.25) is 14.9 Å². The van der Waals surface area contributed by atoms with Gasteiger partial charge in [-0.1, -0.05) is 19.1 Å². The van der Waals surface area contributed by atoms with Gasteiger partial charge in [0.25, 0.3) is 5.91 Å². The van der Waals surface area contributed by atoms with Crippen LogP contribution in [0.2, 0.25) is 0 Å². The van der Waals surface area contributed by atoms with Gasteiger partial charge in [0.2, 0.25) is 0 Å². The van der Waals surface area contributed by atoms with Crippen molar-refractivity contribution in [2.24, 2.45) is 5.92 Å². The molecule has 4 rings (SSSR count). The van der Waals surface area contributed by atoms with Crippen molar-refractivity contribution in [3.8, 4) is 0 Å². The third-order valence-electron chi connectivity index (χ3n) is 4.84. The van der Waals surface area contributed by atoms with Crippen molar-refractivity contribution in [3.05, 3.63) is 53.1 Å². The molecule has 3 aromatic rings. The van der Waals surface area contributed by atoms with E-state index in [-0.39, 0.29) is 5.91 Å². The smallest absolute Gasteiger partial charge is 0.274 e. The van der Waals surface area contributed by atoms with Crippen molar-refractivity contribution < 1.29 is 4.79 Å². The van der Waals surface area contributed by atoms with Crippen LogP contribution in [-0.2, 0) is 19.4 Å². The van der Waals surface area contributed by atoms with Gasteiger partial charge in [0.15, 0.2) is 5.69 Å². The summed E-state index contributed by atoms with van der Waals surface area (Å²) in [6.45, 7) is 2.63. The molecule has 1 atom stereocenters. The molecular weight excluding hydrogens is 314 g/mol. The Morgan fingerprint density at radius 1 is 1.32 bits per heavy atom. The molecule has 0 bridgehead atoms. The number of hydrogen-bond acceptors (Lipinski definition) is 4. The fourth-order valence-electron chi connectivity index (χ4n) is 3.41. The highest BCUT2D eigenvalue weighted by Crippen LogP contribution is 2.26. The number of carbonyl (C=O) groups is 1. The Morgan fingerprint density at radius 2 is 2.12 bits per heavy atom. The molecule has 0 saturated heterocycles. The predicted molar refractivity (Wildman–Crippen MR) is 95.1 cm³/mol. The molecule has 1 N–H and O–H groups in total. The van der Waals surface area contributed by atoms with Crippen molar-refractivity contribution in [1.29, 1.82) is 0 Å². The molecular formula is C19H21N5O. The van der Waals surface area contributed by atoms with E-state index >= 15 is 0 Å². The lowest BCUT2D eigenvalue weighted by Gasteiger charge is -2.20. The van der Waals surface area contributed by atoms with Crippen LogP contribution in [0.1, 0.15) is 40.8 Å². The number of H-pyrrole nitrogens is 1. The first kappa shape index (κ1) is 15.7. The maximum absolute atomic E-state index is 12.8. The van der Waals surface area contributed by atoms with Crippen molar-refractivity contribution in [2.45, 2.75) is 32.7 Å². The number of rotatable bonds is 3. The highest BCUT2D eigenvalue weighted by Gasteiger charge is 2.26. The molecule has 1 aliphatic rings. The van der Waals surface area contributed by atoms with E-state index in [9.17, 15) is 4.79 Å². The standard InChI is InChI=1S/C19H21N5O/c1-12-7-8-15-14(9-12)18(23-22-15)19(25)24(2)11-13-10-20-16-5-3-4-6-17(16)21-13/h3-6,10,12H,7-9,11H2,1-2H3,(H,22,23)/t12-/m1/s1. The zero-order valence-corrected chi connectivity index (χ0v) is 14.5. The minimum atomic E-state index is -0.0680. The Bertz CT molecular complexity index is 932. The largest absolute Gasteiger partial charge is 0.334 e. The summed E-state index contributed by atoms with van der Waals surface area (Å²) in [4.78, 5) is 23.5. The number of nitrogens with one attached hydrogen (secondary N) is 1. The summed E-state index contributed by atoms with van der Waals surface area (Å²) in [5.74, 6) is 0.523. The summed E-state index contributed by atoms with van der Waals surface area (Å²) < 4.78 is 0. The summed E-state index contributed by atoms with van der Waals surface area (Å²) in [5, 5.41) is 7.34. The topological polar surface area (TPSA) is 74.8 Å². The molecule has 1 aliphatic carbocycles. The molecule has 0 spiro atoms. The zero-order valence-electron chi connectivity index (χ0n) is 14.5. The molecule has 0 radical (unpaired) electrons. The Morgan fingerprint density at radius 3 is 2.96 bits per heavy atom. The van der Waals surface area contributed by atoms with Crippen LogP contribution in [0.3, 0.4) is 0 Å². The van der Waals surface area contributed by atoms with E-state index in [1.54, 1.807) is 18.1 Å². The molecule has 6 nitrogen and oxygen atoms in total. The monoisotopic (exact) mass is 335 g/mol. The number of carbonyl (C=O) groups excluding carboxylic acids is 1. The zero-order chi connectivity index (χ0) is 17.4. The van der Waals surface area contributed by atoms with E-state index in [0.717, 1.165) is 47.2 Å². The fraction of sp³-hybridized carbons (Fsp3) is 0.368. The number of nitrogens with zero attached hydrogens (tertiary/aromatic N) is 4. The Kier molecular flexibility index (Phi) is 3.95. The average molecular weight is 335 g/mol. The van der Waals surface area contributed by atoms with Gasteiger partial charge < -0.3 is 4.90 Å². The van der Waals surface area contributed by atoms with Gasteiger partial charge in [0.05, 0.1) is 29.5 Å². The number of aryl methyl sites for hydroxylation is 1. The molecule has 2 aromatic heterocycles. The molecule has 1 amide bonds. The van der Waals surface area contributed by atoms with E-state index in [4.69, 9.17) is 0 Å². The lowest BCUT2D eigenvalue weighted by atomic mass is 9.87. The van der Waals surface area contributed by atoms with E-state index in [1.807, 2.05) is 24.3 Å². The Labute approximate surface area is 146 Å². The highest BCUT2D eigenvalue weighted by atomic mass is 16.2. The predicted octanol–water partition coefficient (Wildman–Crippen LogP) is 2.75. The second-order valence-corrected chi connectivity index (χ2v) is 6.89. The summed E-state index contributed by atoms with van der Waals surface area (Å²) in [5.41, 5.74) is 5.22. The summed E-state index contributed by atoms with van der Waals surface area (Å²) in [7, 11) is 1.78. The second-order valence-electron chi connectivity index (χ2n) is 6.89. The van der Waals surface area contributed by atoms with Gasteiger partial charge in [0.1, 0.15) is 0 Å². The number of aromatic nitrogens is 4. The van der Waals surface area contributed by atoms with Gasteiger partial charge in [0, 0.05) is 18.3 Å². The van der Waals surface area contributed by atoms with E-state index in [2.05, 4.69) is 27.1 Å². The van der Waals surface area contributed by atoms with Gasteiger partial charge in [-0.25, -0.2) is 4.98 Å². The third kappa shape index (κ3) is 2.99. The number of para-hydroxylation sites is 2. The maximum atomic E-state index is 12.8. The van der Waals surface area contributed by atoms with E-state index in [1.165, 1.54) is 0 Å². The average Bonchev–Trinajstić information content (AvgIpc) is 3.04. The number of hydrogen-bond donors (Lipinski definition) is 1. The summed E-state index contributed by atoms with van der Waals surface area (Å²) in [6, 6.07) is 7.73. The van der Waals surface area contributed by atoms with Crippen LogP contribution in [0.4, 0.5) is 0 Å². The molecule has 0 aliphatic heterocycles. The second kappa shape index (κ2) is 6.27. The molecule has 6 heteroatoms. The summed E-state index contributed by atoms with van der Waals surface area (Å²) >= 11 is 0. The van der Waals surface area contributed by atoms with Gasteiger partial charge in [-0.2, -0.15) is 5.10 Å². The molecule has 1 aromatic carbocycles. The number of aromatic amines is 1. The van der Waals surface area contributed by atoms with Crippen molar-refractivity contribution in [2.75, 3.05) is 7.05 Å². The summed E-state index contributed by atoms with van der Waals surface area (Å²) in [6.07, 6.45) is 4.76. The first-order valence-corrected chi connectivity index (χ1v) is 8.64. The number of benzene rings is 1. The van der Waals surface area contributed by atoms with Gasteiger partial charge in [-0.05, 0) is 37.3 Å². The minimum Gasteiger partial charge on any atom is -0.334 e. The number of amides is 1. The van der Waals surface area contributed by atoms with Crippen LogP contribution in [0.5, 0.6) is 0 Å². The quantitative estimate of drug-likeness (QED) is 0.798.